The van der Waals surface area contributed by atoms with Gasteiger partial charge in [-0.05, 0) is 49.6 Å². The molecule has 2 aliphatic rings. The Morgan fingerprint density at radius 2 is 2.00 bits per heavy atom. The lowest BCUT2D eigenvalue weighted by molar-refractivity contribution is -0.116. The lowest BCUT2D eigenvalue weighted by Gasteiger charge is -2.36. The van der Waals surface area contributed by atoms with Crippen molar-refractivity contribution in [3.05, 3.63) is 71.5 Å². The van der Waals surface area contributed by atoms with Gasteiger partial charge >= 0.3 is 0 Å². The highest BCUT2D eigenvalue weighted by atomic mass is 16.5. The van der Waals surface area contributed by atoms with Crippen LogP contribution in [0.2, 0.25) is 0 Å². The Bertz CT molecular complexity index is 1150. The van der Waals surface area contributed by atoms with Crippen LogP contribution in [0.4, 0.5) is 5.69 Å². The number of carbonyl (C=O) groups is 1. The van der Waals surface area contributed by atoms with Gasteiger partial charge in [-0.25, -0.2) is 9.97 Å². The maximum absolute atomic E-state index is 11.5. The quantitative estimate of drug-likeness (QED) is 0.628. The summed E-state index contributed by atoms with van der Waals surface area (Å²) in [5, 5.41) is 13.6. The van der Waals surface area contributed by atoms with Crippen molar-refractivity contribution in [1.29, 1.82) is 0 Å². The summed E-state index contributed by atoms with van der Waals surface area (Å²) in [5.74, 6) is 1.51. The predicted octanol–water partition coefficient (Wildman–Crippen LogP) is 3.35. The SMILES string of the molecule is Cc1cccc(-c2ncc(CN3CC[C@@H](Oc4ccc5c(c4)CCC(=O)N5)[C@H](O)C3)cn2)c1. The van der Waals surface area contributed by atoms with Gasteiger partial charge in [0, 0.05) is 55.3 Å². The van der Waals surface area contributed by atoms with Gasteiger partial charge in [-0.3, -0.25) is 9.69 Å². The minimum absolute atomic E-state index is 0.0502. The van der Waals surface area contributed by atoms with Crippen molar-refractivity contribution in [3.8, 4) is 17.1 Å². The van der Waals surface area contributed by atoms with Crippen molar-refractivity contribution in [1.82, 2.24) is 14.9 Å². The molecule has 2 N–H and O–H groups in total. The fraction of sp³-hybridized carbons (Fsp3) is 0.346. The zero-order chi connectivity index (χ0) is 22.8. The third kappa shape index (κ3) is 5.05. The molecule has 7 nitrogen and oxygen atoms in total. The number of nitrogens with zero attached hydrogens (tertiary/aromatic N) is 3. The second-order valence-corrected chi connectivity index (χ2v) is 8.90. The van der Waals surface area contributed by atoms with E-state index < -0.39 is 6.10 Å². The van der Waals surface area contributed by atoms with Gasteiger partial charge in [-0.1, -0.05) is 23.8 Å². The Morgan fingerprint density at radius 1 is 1.15 bits per heavy atom. The van der Waals surface area contributed by atoms with Crippen molar-refractivity contribution >= 4 is 11.6 Å². The van der Waals surface area contributed by atoms with Gasteiger partial charge in [0.15, 0.2) is 5.82 Å². The summed E-state index contributed by atoms with van der Waals surface area (Å²) < 4.78 is 6.12. The average Bonchev–Trinajstić information content (AvgIpc) is 2.81. The molecule has 5 rings (SSSR count). The van der Waals surface area contributed by atoms with E-state index in [-0.39, 0.29) is 12.0 Å². The zero-order valence-electron chi connectivity index (χ0n) is 18.7. The molecule has 1 amide bonds. The first-order valence-corrected chi connectivity index (χ1v) is 11.4. The molecule has 2 aromatic carbocycles. The number of fused-ring (bicyclic) bond motifs is 1. The number of likely N-dealkylation sites (tertiary alicyclic amines) is 1. The smallest absolute Gasteiger partial charge is 0.224 e. The lowest BCUT2D eigenvalue weighted by Crippen LogP contribution is -2.48. The van der Waals surface area contributed by atoms with Crippen LogP contribution in [0.1, 0.15) is 29.5 Å². The minimum Gasteiger partial charge on any atom is -0.488 e. The number of hydrogen-bond donors (Lipinski definition) is 2. The number of nitrogens with one attached hydrogen (secondary N) is 1. The van der Waals surface area contributed by atoms with Crippen LogP contribution >= 0.6 is 0 Å². The summed E-state index contributed by atoms with van der Waals surface area (Å²) in [6.45, 7) is 4.10. The summed E-state index contributed by atoms with van der Waals surface area (Å²) >= 11 is 0. The van der Waals surface area contributed by atoms with Crippen LogP contribution in [-0.4, -0.2) is 51.2 Å². The van der Waals surface area contributed by atoms with Gasteiger partial charge in [-0.2, -0.15) is 0 Å². The maximum atomic E-state index is 11.5. The van der Waals surface area contributed by atoms with Crippen LogP contribution in [0.3, 0.4) is 0 Å². The first-order valence-electron chi connectivity index (χ1n) is 11.4. The molecule has 1 aromatic heterocycles. The Morgan fingerprint density at radius 3 is 2.79 bits per heavy atom. The molecule has 1 saturated heterocycles. The highest BCUT2D eigenvalue weighted by molar-refractivity contribution is 5.94. The molecule has 170 valence electrons. The molecule has 2 atom stereocenters. The van der Waals surface area contributed by atoms with Crippen molar-refractivity contribution in [2.45, 2.75) is 44.9 Å². The zero-order valence-corrected chi connectivity index (χ0v) is 18.7. The Kier molecular flexibility index (Phi) is 6.07. The van der Waals surface area contributed by atoms with Crippen molar-refractivity contribution in [3.63, 3.8) is 0 Å². The molecule has 33 heavy (non-hydrogen) atoms. The van der Waals surface area contributed by atoms with Crippen LogP contribution in [0.5, 0.6) is 5.75 Å². The van der Waals surface area contributed by atoms with E-state index in [4.69, 9.17) is 4.74 Å². The topological polar surface area (TPSA) is 87.6 Å². The van der Waals surface area contributed by atoms with Gasteiger partial charge in [-0.15, -0.1) is 0 Å². The fourth-order valence-electron chi connectivity index (χ4n) is 4.49. The van der Waals surface area contributed by atoms with E-state index in [0.717, 1.165) is 46.9 Å². The molecule has 7 heteroatoms. The first kappa shape index (κ1) is 21.6. The molecule has 3 aromatic rings. The molecule has 0 spiro atoms. The number of aliphatic hydroxyl groups is 1. The molecule has 2 aliphatic heterocycles. The summed E-state index contributed by atoms with van der Waals surface area (Å²) in [6.07, 6.45) is 4.84. The lowest BCUT2D eigenvalue weighted by atomic mass is 10.0. The molecular formula is C26H28N4O3. The summed E-state index contributed by atoms with van der Waals surface area (Å²) in [5.41, 5.74) is 5.15. The fourth-order valence-corrected chi connectivity index (χ4v) is 4.49. The van der Waals surface area contributed by atoms with Crippen LogP contribution in [0, 0.1) is 6.92 Å². The molecule has 0 radical (unpaired) electrons. The van der Waals surface area contributed by atoms with Gasteiger partial charge in [0.05, 0.1) is 0 Å². The van der Waals surface area contributed by atoms with E-state index >= 15 is 0 Å². The van der Waals surface area contributed by atoms with Crippen LogP contribution < -0.4 is 10.1 Å². The Labute approximate surface area is 193 Å². The number of hydrogen-bond acceptors (Lipinski definition) is 6. The summed E-state index contributed by atoms with van der Waals surface area (Å²) in [6, 6.07) is 13.9. The highest BCUT2D eigenvalue weighted by Gasteiger charge is 2.29. The number of ether oxygens (including phenoxy) is 1. The number of carbonyl (C=O) groups excluding carboxylic acids is 1. The molecule has 0 saturated carbocycles. The third-order valence-corrected chi connectivity index (χ3v) is 6.25. The van der Waals surface area contributed by atoms with Gasteiger partial charge in [0.2, 0.25) is 5.91 Å². The number of aliphatic hydroxyl groups excluding tert-OH is 1. The molecule has 1 fully saturated rings. The molecule has 0 unspecified atom stereocenters. The third-order valence-electron chi connectivity index (χ3n) is 6.25. The standard InChI is InChI=1S/C26H28N4O3/c1-17-3-2-4-20(11-17)26-27-13-18(14-28-26)15-30-10-9-24(23(31)16-30)33-21-6-7-22-19(12-21)5-8-25(32)29-22/h2-4,6-7,11-14,23-24,31H,5,8-10,15-16H2,1H3,(H,29,32)/t23-,24-/m1/s1. The summed E-state index contributed by atoms with van der Waals surface area (Å²) in [4.78, 5) is 22.8. The minimum atomic E-state index is -0.582. The van der Waals surface area contributed by atoms with E-state index in [1.807, 2.05) is 42.7 Å². The van der Waals surface area contributed by atoms with E-state index in [0.29, 0.717) is 25.9 Å². The monoisotopic (exact) mass is 444 g/mol. The van der Waals surface area contributed by atoms with E-state index in [1.165, 1.54) is 5.56 Å². The van der Waals surface area contributed by atoms with E-state index in [2.05, 4.69) is 39.2 Å². The van der Waals surface area contributed by atoms with Crippen molar-refractivity contribution < 1.29 is 14.6 Å². The molecule has 3 heterocycles. The largest absolute Gasteiger partial charge is 0.488 e. The molecular weight excluding hydrogens is 416 g/mol. The van der Waals surface area contributed by atoms with Gasteiger partial charge in [0.25, 0.3) is 0 Å². The van der Waals surface area contributed by atoms with Crippen LogP contribution in [-0.2, 0) is 17.8 Å². The van der Waals surface area contributed by atoms with Crippen LogP contribution in [0.25, 0.3) is 11.4 Å². The number of aromatic nitrogens is 2. The van der Waals surface area contributed by atoms with Gasteiger partial charge < -0.3 is 15.2 Å². The van der Waals surface area contributed by atoms with E-state index in [1.54, 1.807) is 0 Å². The molecule has 0 aliphatic carbocycles. The number of amides is 1. The number of rotatable bonds is 5. The normalized spacial score (nSPS) is 20.7. The number of β-amino-alcohol motifs (C(OH)–C–C–N with tert-alkyl or cyclic N) is 1. The van der Waals surface area contributed by atoms with Gasteiger partial charge in [0.1, 0.15) is 18.0 Å². The second kappa shape index (κ2) is 9.29. The highest BCUT2D eigenvalue weighted by Crippen LogP contribution is 2.29. The number of anilines is 1. The average molecular weight is 445 g/mol. The van der Waals surface area contributed by atoms with Crippen molar-refractivity contribution in [2.24, 2.45) is 0 Å². The van der Waals surface area contributed by atoms with Crippen molar-refractivity contribution in [2.75, 3.05) is 18.4 Å². The maximum Gasteiger partial charge on any atom is 0.224 e. The number of benzene rings is 2. The predicted molar refractivity (Wildman–Crippen MR) is 126 cm³/mol. The Balaban J connectivity index is 1.17. The number of aryl methyl sites for hydroxylation is 2. The Hall–Kier alpha value is -3.29. The van der Waals surface area contributed by atoms with Crippen LogP contribution in [0.15, 0.2) is 54.9 Å². The molecule has 0 bridgehead atoms. The number of piperidine rings is 1. The first-order chi connectivity index (χ1) is 16.0. The summed E-state index contributed by atoms with van der Waals surface area (Å²) in [7, 11) is 0. The second-order valence-electron chi connectivity index (χ2n) is 8.90. The van der Waals surface area contributed by atoms with E-state index in [9.17, 15) is 9.90 Å².